The first-order valence-corrected chi connectivity index (χ1v) is 7.15. The van der Waals surface area contributed by atoms with Crippen LogP contribution in [0.4, 0.5) is 0 Å². The number of likely N-dealkylation sites (tertiary alicyclic amines) is 1. The fourth-order valence-electron chi connectivity index (χ4n) is 2.59. The van der Waals surface area contributed by atoms with Gasteiger partial charge in [0.1, 0.15) is 0 Å². The molecule has 5 nitrogen and oxygen atoms in total. The zero-order valence-electron chi connectivity index (χ0n) is 12.1. The zero-order valence-corrected chi connectivity index (χ0v) is 12.1. The number of hydrogen-bond donors (Lipinski definition) is 1. The lowest BCUT2D eigenvalue weighted by Crippen LogP contribution is -2.43. The molecule has 0 aliphatic carbocycles. The first-order valence-electron chi connectivity index (χ1n) is 7.15. The van der Waals surface area contributed by atoms with Crippen molar-refractivity contribution in [3.63, 3.8) is 0 Å². The Balaban J connectivity index is 1.88. The van der Waals surface area contributed by atoms with Crippen molar-refractivity contribution in [2.24, 2.45) is 7.05 Å². The minimum absolute atomic E-state index is 0.122. The van der Waals surface area contributed by atoms with Crippen molar-refractivity contribution in [1.82, 2.24) is 20.0 Å². The molecule has 2 heterocycles. The van der Waals surface area contributed by atoms with Gasteiger partial charge in [0.25, 0.3) is 0 Å². The molecule has 1 fully saturated rings. The summed E-state index contributed by atoms with van der Waals surface area (Å²) >= 11 is 0. The summed E-state index contributed by atoms with van der Waals surface area (Å²) in [7, 11) is 1.93. The molecule has 0 saturated carbocycles. The number of carbonyl (C=O) groups is 1. The number of amides is 1. The van der Waals surface area contributed by atoms with Gasteiger partial charge in [-0.15, -0.1) is 0 Å². The molecule has 1 aromatic rings. The van der Waals surface area contributed by atoms with Crippen LogP contribution < -0.4 is 5.32 Å². The molecular formula is C14H24N4O. The van der Waals surface area contributed by atoms with Gasteiger partial charge in [0, 0.05) is 38.4 Å². The second-order valence-electron chi connectivity index (χ2n) is 5.26. The highest BCUT2D eigenvalue weighted by atomic mass is 16.2. The monoisotopic (exact) mass is 264 g/mol. The first kappa shape index (κ1) is 14.1. The van der Waals surface area contributed by atoms with Gasteiger partial charge in [-0.05, 0) is 26.2 Å². The molecular weight excluding hydrogens is 240 g/mol. The molecule has 1 amide bonds. The summed E-state index contributed by atoms with van der Waals surface area (Å²) in [5.41, 5.74) is 2.29. The quantitative estimate of drug-likeness (QED) is 0.866. The van der Waals surface area contributed by atoms with E-state index in [1.165, 1.54) is 5.56 Å². The van der Waals surface area contributed by atoms with Crippen molar-refractivity contribution in [3.05, 3.63) is 17.5 Å². The van der Waals surface area contributed by atoms with Crippen LogP contribution in [0.25, 0.3) is 0 Å². The van der Waals surface area contributed by atoms with Crippen LogP contribution in [0.5, 0.6) is 0 Å². The Morgan fingerprint density at radius 3 is 2.79 bits per heavy atom. The summed E-state index contributed by atoms with van der Waals surface area (Å²) in [5, 5.41) is 7.73. The van der Waals surface area contributed by atoms with Crippen LogP contribution in [0.1, 0.15) is 37.9 Å². The molecule has 1 aliphatic heterocycles. The van der Waals surface area contributed by atoms with E-state index in [1.54, 1.807) is 0 Å². The van der Waals surface area contributed by atoms with E-state index in [2.05, 4.69) is 17.3 Å². The van der Waals surface area contributed by atoms with Gasteiger partial charge in [-0.2, -0.15) is 5.10 Å². The molecule has 0 bridgehead atoms. The van der Waals surface area contributed by atoms with Gasteiger partial charge in [-0.1, -0.05) is 6.92 Å². The molecule has 1 saturated heterocycles. The van der Waals surface area contributed by atoms with Crippen molar-refractivity contribution < 1.29 is 4.79 Å². The molecule has 19 heavy (non-hydrogen) atoms. The summed E-state index contributed by atoms with van der Waals surface area (Å²) < 4.78 is 1.84. The minimum Gasteiger partial charge on any atom is -0.341 e. The van der Waals surface area contributed by atoms with Crippen LogP contribution in [-0.4, -0.2) is 39.7 Å². The smallest absolute Gasteiger partial charge is 0.239 e. The third-order valence-electron chi connectivity index (χ3n) is 3.71. The molecule has 1 aromatic heterocycles. The number of nitrogens with zero attached hydrogens (tertiary/aromatic N) is 3. The summed E-state index contributed by atoms with van der Waals surface area (Å²) in [6.45, 7) is 6.58. The second kappa shape index (κ2) is 6.19. The molecule has 1 aliphatic rings. The van der Waals surface area contributed by atoms with Crippen molar-refractivity contribution >= 4 is 5.91 Å². The van der Waals surface area contributed by atoms with Gasteiger partial charge in [0.05, 0.1) is 11.7 Å². The lowest BCUT2D eigenvalue weighted by molar-refractivity contribution is -0.131. The van der Waals surface area contributed by atoms with Gasteiger partial charge in [-0.3, -0.25) is 9.48 Å². The average molecular weight is 264 g/mol. The Hall–Kier alpha value is -1.36. The Morgan fingerprint density at radius 1 is 1.47 bits per heavy atom. The van der Waals surface area contributed by atoms with E-state index in [-0.39, 0.29) is 11.9 Å². The van der Waals surface area contributed by atoms with Crippen LogP contribution in [0.15, 0.2) is 6.20 Å². The molecule has 0 spiro atoms. The van der Waals surface area contributed by atoms with E-state index in [4.69, 9.17) is 0 Å². The van der Waals surface area contributed by atoms with Gasteiger partial charge in [0.2, 0.25) is 5.91 Å². The Labute approximate surface area is 115 Å². The molecule has 0 radical (unpaired) electrons. The lowest BCUT2D eigenvalue weighted by atomic mass is 10.2. The highest BCUT2D eigenvalue weighted by Gasteiger charge is 2.22. The second-order valence-corrected chi connectivity index (χ2v) is 5.26. The maximum absolute atomic E-state index is 12.2. The lowest BCUT2D eigenvalue weighted by Gasteiger charge is -2.21. The van der Waals surface area contributed by atoms with E-state index in [9.17, 15) is 4.79 Å². The Kier molecular flexibility index (Phi) is 4.58. The third-order valence-corrected chi connectivity index (χ3v) is 3.71. The summed E-state index contributed by atoms with van der Waals surface area (Å²) in [5.74, 6) is 0.222. The van der Waals surface area contributed by atoms with Gasteiger partial charge < -0.3 is 10.2 Å². The third kappa shape index (κ3) is 3.35. The average Bonchev–Trinajstić information content (AvgIpc) is 3.03. The highest BCUT2D eigenvalue weighted by molar-refractivity contribution is 5.81. The Bertz CT molecular complexity index is 435. The first-order chi connectivity index (χ1) is 9.11. The van der Waals surface area contributed by atoms with Crippen LogP contribution in [0.2, 0.25) is 0 Å². The number of carbonyl (C=O) groups excluding carboxylic acids is 1. The van der Waals surface area contributed by atoms with E-state index in [1.807, 2.05) is 29.7 Å². The van der Waals surface area contributed by atoms with Crippen molar-refractivity contribution in [2.75, 3.05) is 13.1 Å². The van der Waals surface area contributed by atoms with Gasteiger partial charge in [-0.25, -0.2) is 0 Å². The van der Waals surface area contributed by atoms with E-state index in [0.717, 1.165) is 38.0 Å². The molecule has 0 aromatic carbocycles. The van der Waals surface area contributed by atoms with E-state index >= 15 is 0 Å². The number of aromatic nitrogens is 2. The van der Waals surface area contributed by atoms with Crippen LogP contribution in [0, 0.1) is 0 Å². The predicted molar refractivity (Wildman–Crippen MR) is 74.7 cm³/mol. The van der Waals surface area contributed by atoms with Crippen molar-refractivity contribution in [1.29, 1.82) is 0 Å². The molecule has 1 unspecified atom stereocenters. The molecule has 5 heteroatoms. The van der Waals surface area contributed by atoms with Crippen molar-refractivity contribution in [3.8, 4) is 0 Å². The summed E-state index contributed by atoms with van der Waals surface area (Å²) in [4.78, 5) is 14.1. The standard InChI is InChI=1S/C14H24N4O/c1-4-13-12(10-17(3)16-13)9-15-11(2)14(19)18-7-5-6-8-18/h10-11,15H,4-9H2,1-3H3. The summed E-state index contributed by atoms with van der Waals surface area (Å²) in [6, 6.07) is -0.122. The minimum atomic E-state index is -0.122. The zero-order chi connectivity index (χ0) is 13.8. The number of hydrogen-bond acceptors (Lipinski definition) is 3. The van der Waals surface area contributed by atoms with Crippen molar-refractivity contribution in [2.45, 2.75) is 45.7 Å². The van der Waals surface area contributed by atoms with E-state index in [0.29, 0.717) is 6.54 Å². The Morgan fingerprint density at radius 2 is 2.16 bits per heavy atom. The number of nitrogens with one attached hydrogen (secondary N) is 1. The summed E-state index contributed by atoms with van der Waals surface area (Å²) in [6.07, 6.45) is 5.23. The largest absolute Gasteiger partial charge is 0.341 e. The SMILES string of the molecule is CCc1nn(C)cc1CNC(C)C(=O)N1CCCC1. The number of aryl methyl sites for hydroxylation is 2. The predicted octanol–water partition coefficient (Wildman–Crippen LogP) is 1.08. The van der Waals surface area contributed by atoms with Crippen LogP contribution >= 0.6 is 0 Å². The number of rotatable bonds is 5. The maximum atomic E-state index is 12.2. The van der Waals surface area contributed by atoms with Crippen LogP contribution in [-0.2, 0) is 24.8 Å². The van der Waals surface area contributed by atoms with Gasteiger partial charge in [0.15, 0.2) is 0 Å². The highest BCUT2D eigenvalue weighted by Crippen LogP contribution is 2.10. The molecule has 2 rings (SSSR count). The van der Waals surface area contributed by atoms with E-state index < -0.39 is 0 Å². The topological polar surface area (TPSA) is 50.2 Å². The van der Waals surface area contributed by atoms with Gasteiger partial charge >= 0.3 is 0 Å². The normalized spacial score (nSPS) is 16.9. The molecule has 1 N–H and O–H groups in total. The molecule has 106 valence electrons. The fourth-order valence-corrected chi connectivity index (χ4v) is 2.59. The molecule has 1 atom stereocenters. The van der Waals surface area contributed by atoms with Crippen LogP contribution in [0.3, 0.4) is 0 Å². The maximum Gasteiger partial charge on any atom is 0.239 e. The fraction of sp³-hybridized carbons (Fsp3) is 0.714.